The fraction of sp³-hybridized carbons (Fsp3) is 0.351. The molecule has 1 fully saturated rings. The molecule has 0 aliphatic carbocycles. The average Bonchev–Trinajstić information content (AvgIpc) is 3.10. The number of hydrogen-bond donors (Lipinski definition) is 0. The molecule has 3 aromatic rings. The molecule has 0 saturated carbocycles. The van der Waals surface area contributed by atoms with Crippen LogP contribution in [0.5, 0.6) is 0 Å². The highest BCUT2D eigenvalue weighted by Gasteiger charge is 2.33. The lowest BCUT2D eigenvalue weighted by Crippen LogP contribution is -2.51. The monoisotopic (exact) mass is 677 g/mol. The molecule has 260 valence electrons. The van der Waals surface area contributed by atoms with Crippen LogP contribution in [0.4, 0.5) is 18.9 Å². The molecule has 3 amide bonds. The second-order valence-corrected chi connectivity index (χ2v) is 11.8. The minimum absolute atomic E-state index is 0.0536. The molecule has 1 aliphatic rings. The lowest BCUT2D eigenvalue weighted by Gasteiger charge is -2.36. The number of rotatable bonds is 14. The summed E-state index contributed by atoms with van der Waals surface area (Å²) in [6.07, 6.45) is 0.971. The summed E-state index contributed by atoms with van der Waals surface area (Å²) in [5.74, 6) is -0.725. The van der Waals surface area contributed by atoms with Gasteiger partial charge in [0.1, 0.15) is 11.7 Å². The maximum Gasteiger partial charge on any atom is 0.433 e. The molecule has 2 heterocycles. The van der Waals surface area contributed by atoms with E-state index in [1.165, 1.54) is 28.0 Å². The molecule has 0 radical (unpaired) electrons. The van der Waals surface area contributed by atoms with Gasteiger partial charge in [-0.15, -0.1) is 6.58 Å². The van der Waals surface area contributed by atoms with E-state index in [0.29, 0.717) is 44.9 Å². The molecule has 0 bridgehead atoms. The van der Waals surface area contributed by atoms with Gasteiger partial charge in [-0.25, -0.2) is 0 Å². The van der Waals surface area contributed by atoms with Gasteiger partial charge in [-0.3, -0.25) is 19.4 Å². The van der Waals surface area contributed by atoms with Gasteiger partial charge in [0.15, 0.2) is 0 Å². The number of alkyl halides is 3. The van der Waals surface area contributed by atoms with E-state index in [-0.39, 0.29) is 31.4 Å². The van der Waals surface area contributed by atoms with Crippen LogP contribution in [0.3, 0.4) is 0 Å². The zero-order chi connectivity index (χ0) is 35.4. The molecule has 1 aliphatic heterocycles. The third-order valence-electron chi connectivity index (χ3n) is 8.27. The molecule has 0 N–H and O–H groups in total. The molecule has 9 nitrogen and oxygen atoms in total. The number of pyridine rings is 1. The van der Waals surface area contributed by atoms with E-state index in [2.05, 4.69) is 16.5 Å². The molecule has 1 atom stereocenters. The topological polar surface area (TPSA) is 86.3 Å². The van der Waals surface area contributed by atoms with E-state index in [9.17, 15) is 27.6 Å². The summed E-state index contributed by atoms with van der Waals surface area (Å²) in [5, 5.41) is 0. The van der Waals surface area contributed by atoms with Crippen LogP contribution >= 0.6 is 0 Å². The first kappa shape index (κ1) is 36.9. The summed E-state index contributed by atoms with van der Waals surface area (Å²) in [5.41, 5.74) is 1.89. The Balaban J connectivity index is 1.62. The van der Waals surface area contributed by atoms with E-state index in [1.54, 1.807) is 20.0 Å². The van der Waals surface area contributed by atoms with Crippen LogP contribution in [0.15, 0.2) is 91.7 Å². The van der Waals surface area contributed by atoms with Gasteiger partial charge in [-0.1, -0.05) is 54.6 Å². The first-order chi connectivity index (χ1) is 23.5. The summed E-state index contributed by atoms with van der Waals surface area (Å²) in [4.78, 5) is 50.3. The number of carbonyl (C=O) groups is 3. The van der Waals surface area contributed by atoms with E-state index in [1.807, 2.05) is 59.5 Å². The maximum absolute atomic E-state index is 14.1. The number of benzene rings is 2. The summed E-state index contributed by atoms with van der Waals surface area (Å²) >= 11 is 0. The second-order valence-electron chi connectivity index (χ2n) is 11.8. The van der Waals surface area contributed by atoms with Gasteiger partial charge in [0, 0.05) is 77.6 Å². The van der Waals surface area contributed by atoms with E-state index in [4.69, 9.17) is 4.74 Å². The number of piperazine rings is 1. The highest BCUT2D eigenvalue weighted by atomic mass is 19.4. The van der Waals surface area contributed by atoms with Crippen molar-refractivity contribution in [1.82, 2.24) is 19.7 Å². The number of carbonyl (C=O) groups excluding carboxylic acids is 3. The summed E-state index contributed by atoms with van der Waals surface area (Å²) in [7, 11) is 1.66. The van der Waals surface area contributed by atoms with E-state index >= 15 is 0 Å². The number of likely N-dealkylation sites (N-methyl/N-ethyl adjacent to an activating group) is 1. The summed E-state index contributed by atoms with van der Waals surface area (Å²) in [6.45, 7) is 8.88. The standard InChI is InChI=1S/C37H42F3N5O4/c1-4-23-49-24-22-42(3)36(48)33(25-29-8-6-5-7-9-29)45(35(47)17-13-30-12-16-34(41-26-30)37(38,39)40)27-31-10-14-32(15-11-31)44-20-18-43(19-21-44)28(2)46/h4-17,26,33H,1,18-25,27H2,2-3H3/b17-13+/t33-/m0/s1. The number of aromatic nitrogens is 1. The Bertz CT molecular complexity index is 1570. The Hall–Kier alpha value is -4.97. The normalized spacial score (nSPS) is 14.1. The van der Waals surface area contributed by atoms with E-state index < -0.39 is 23.8 Å². The Morgan fingerprint density at radius 1 is 0.980 bits per heavy atom. The van der Waals surface area contributed by atoms with Crippen molar-refractivity contribution >= 4 is 29.5 Å². The van der Waals surface area contributed by atoms with Crippen molar-refractivity contribution in [2.45, 2.75) is 32.1 Å². The largest absolute Gasteiger partial charge is 0.433 e. The Labute approximate surface area is 285 Å². The lowest BCUT2D eigenvalue weighted by atomic mass is 10.0. The minimum atomic E-state index is -4.58. The number of anilines is 1. The highest BCUT2D eigenvalue weighted by molar-refractivity contribution is 5.95. The third-order valence-corrected chi connectivity index (χ3v) is 8.27. The van der Waals surface area contributed by atoms with Gasteiger partial charge in [0.05, 0.1) is 13.2 Å². The highest BCUT2D eigenvalue weighted by Crippen LogP contribution is 2.27. The molecule has 1 aromatic heterocycles. The molecule has 12 heteroatoms. The fourth-order valence-corrected chi connectivity index (χ4v) is 5.47. The first-order valence-corrected chi connectivity index (χ1v) is 16.0. The van der Waals surface area contributed by atoms with Crippen molar-refractivity contribution < 1.29 is 32.3 Å². The number of amides is 3. The summed E-state index contributed by atoms with van der Waals surface area (Å²) < 4.78 is 44.6. The van der Waals surface area contributed by atoms with Crippen LogP contribution < -0.4 is 4.90 Å². The van der Waals surface area contributed by atoms with Crippen LogP contribution in [0.1, 0.15) is 29.3 Å². The first-order valence-electron chi connectivity index (χ1n) is 16.0. The predicted molar refractivity (Wildman–Crippen MR) is 182 cm³/mol. The minimum Gasteiger partial charge on any atom is -0.376 e. The van der Waals surface area contributed by atoms with Gasteiger partial charge >= 0.3 is 6.18 Å². The number of nitrogens with zero attached hydrogens (tertiary/aromatic N) is 5. The molecule has 1 saturated heterocycles. The van der Waals surface area contributed by atoms with Crippen LogP contribution in [0, 0.1) is 0 Å². The number of ether oxygens (including phenoxy) is 1. The van der Waals surface area contributed by atoms with Crippen molar-refractivity contribution in [1.29, 1.82) is 0 Å². The molecular weight excluding hydrogens is 635 g/mol. The van der Waals surface area contributed by atoms with E-state index in [0.717, 1.165) is 29.1 Å². The third kappa shape index (κ3) is 10.8. The van der Waals surface area contributed by atoms with Crippen molar-refractivity contribution in [3.05, 3.63) is 114 Å². The van der Waals surface area contributed by atoms with Gasteiger partial charge < -0.3 is 24.3 Å². The van der Waals surface area contributed by atoms with Crippen molar-refractivity contribution in [2.75, 3.05) is 57.9 Å². The predicted octanol–water partition coefficient (Wildman–Crippen LogP) is 5.08. The maximum atomic E-state index is 14.1. The Morgan fingerprint density at radius 2 is 1.67 bits per heavy atom. The quantitative estimate of drug-likeness (QED) is 0.134. The molecule has 0 spiro atoms. The number of hydrogen-bond acceptors (Lipinski definition) is 6. The SMILES string of the molecule is C=CCOCCN(C)C(=O)[C@H](Cc1ccccc1)N(Cc1ccc(N2CCN(C(C)=O)CC2)cc1)C(=O)/C=C/c1ccc(C(F)(F)F)nc1. The van der Waals surface area contributed by atoms with Crippen molar-refractivity contribution in [2.24, 2.45) is 0 Å². The zero-order valence-corrected chi connectivity index (χ0v) is 27.8. The Kier molecular flexibility index (Phi) is 13.1. The molecule has 49 heavy (non-hydrogen) atoms. The molecule has 0 unspecified atom stereocenters. The Morgan fingerprint density at radius 3 is 2.27 bits per heavy atom. The second kappa shape index (κ2) is 17.4. The van der Waals surface area contributed by atoms with Crippen molar-refractivity contribution in [3.63, 3.8) is 0 Å². The van der Waals surface area contributed by atoms with Crippen LogP contribution in [-0.2, 0) is 38.3 Å². The molecule has 4 rings (SSSR count). The van der Waals surface area contributed by atoms with Crippen LogP contribution in [0.2, 0.25) is 0 Å². The molecular formula is C37H42F3N5O4. The van der Waals surface area contributed by atoms with Crippen molar-refractivity contribution in [3.8, 4) is 0 Å². The summed E-state index contributed by atoms with van der Waals surface area (Å²) in [6, 6.07) is 18.3. The van der Waals surface area contributed by atoms with Gasteiger partial charge in [-0.2, -0.15) is 13.2 Å². The number of halogens is 3. The molecule has 2 aromatic carbocycles. The smallest absolute Gasteiger partial charge is 0.376 e. The van der Waals surface area contributed by atoms with Crippen LogP contribution in [0.25, 0.3) is 6.08 Å². The van der Waals surface area contributed by atoms with Gasteiger partial charge in [0.25, 0.3) is 0 Å². The average molecular weight is 678 g/mol. The lowest BCUT2D eigenvalue weighted by molar-refractivity contribution is -0.143. The van der Waals surface area contributed by atoms with Gasteiger partial charge in [0.2, 0.25) is 17.7 Å². The van der Waals surface area contributed by atoms with Crippen LogP contribution in [-0.4, -0.2) is 96.4 Å². The zero-order valence-electron chi connectivity index (χ0n) is 27.8. The fourth-order valence-electron chi connectivity index (χ4n) is 5.47. The van der Waals surface area contributed by atoms with Gasteiger partial charge in [-0.05, 0) is 41.0 Å².